The van der Waals surface area contributed by atoms with Gasteiger partial charge in [-0.05, 0) is 42.7 Å². The zero-order valence-electron chi connectivity index (χ0n) is 15.3. The van der Waals surface area contributed by atoms with Crippen LogP contribution in [-0.4, -0.2) is 17.5 Å². The van der Waals surface area contributed by atoms with E-state index < -0.39 is 0 Å². The fourth-order valence-electron chi connectivity index (χ4n) is 2.67. The van der Waals surface area contributed by atoms with Crippen LogP contribution in [0.1, 0.15) is 24.5 Å². The molecule has 0 atom stereocenters. The van der Waals surface area contributed by atoms with Crippen LogP contribution in [0.4, 0.5) is 5.13 Å². The van der Waals surface area contributed by atoms with Crippen LogP contribution in [0, 0.1) is 6.92 Å². The quantitative estimate of drug-likeness (QED) is 0.550. The van der Waals surface area contributed by atoms with Gasteiger partial charge in [0.1, 0.15) is 5.75 Å². The number of aryl methyl sites for hydroxylation is 2. The van der Waals surface area contributed by atoms with Crippen molar-refractivity contribution in [3.05, 3.63) is 64.0 Å². The molecule has 2 aromatic carbocycles. The third kappa shape index (κ3) is 5.31. The van der Waals surface area contributed by atoms with E-state index in [4.69, 9.17) is 16.3 Å². The van der Waals surface area contributed by atoms with E-state index in [-0.39, 0.29) is 12.5 Å². The van der Waals surface area contributed by atoms with Crippen LogP contribution in [0.2, 0.25) is 5.02 Å². The molecule has 0 saturated heterocycles. The molecule has 4 nitrogen and oxygen atoms in total. The fraction of sp³-hybridized carbons (Fsp3) is 0.238. The molecule has 0 aliphatic heterocycles. The maximum Gasteiger partial charge on any atom is 0.264 e. The van der Waals surface area contributed by atoms with Gasteiger partial charge in [0, 0.05) is 16.0 Å². The van der Waals surface area contributed by atoms with Crippen molar-refractivity contribution in [1.82, 2.24) is 4.98 Å². The first-order valence-electron chi connectivity index (χ1n) is 8.79. The lowest BCUT2D eigenvalue weighted by molar-refractivity contribution is -0.118. The molecule has 0 spiro atoms. The van der Waals surface area contributed by atoms with Crippen LogP contribution in [0.3, 0.4) is 0 Å². The predicted octanol–water partition coefficient (Wildman–Crippen LogP) is 5.74. The first-order valence-corrected chi connectivity index (χ1v) is 10.0. The summed E-state index contributed by atoms with van der Waals surface area (Å²) in [5.74, 6) is 0.394. The number of anilines is 1. The molecule has 0 fully saturated rings. The molecule has 0 saturated carbocycles. The maximum absolute atomic E-state index is 12.1. The number of nitrogens with one attached hydrogen (secondary N) is 1. The number of thiazole rings is 1. The highest BCUT2D eigenvalue weighted by Gasteiger charge is 2.10. The van der Waals surface area contributed by atoms with Gasteiger partial charge in [-0.25, -0.2) is 4.98 Å². The number of hydrogen-bond donors (Lipinski definition) is 1. The SMILES string of the molecule is CCCc1ccc(-c2csc(NC(=O)COc3ccc(Cl)cc3C)n2)cc1. The number of aromatic nitrogens is 1. The van der Waals surface area contributed by atoms with Crippen LogP contribution in [0.5, 0.6) is 5.75 Å². The molecule has 1 aromatic heterocycles. The zero-order valence-corrected chi connectivity index (χ0v) is 16.9. The molecule has 140 valence electrons. The highest BCUT2D eigenvalue weighted by Crippen LogP contribution is 2.26. The summed E-state index contributed by atoms with van der Waals surface area (Å²) in [6.07, 6.45) is 2.20. The van der Waals surface area contributed by atoms with Crippen LogP contribution in [-0.2, 0) is 11.2 Å². The van der Waals surface area contributed by atoms with Crippen LogP contribution >= 0.6 is 22.9 Å². The number of ether oxygens (including phenoxy) is 1. The molecule has 1 heterocycles. The Morgan fingerprint density at radius 1 is 1.22 bits per heavy atom. The summed E-state index contributed by atoms with van der Waals surface area (Å²) < 4.78 is 5.56. The van der Waals surface area contributed by atoms with E-state index in [9.17, 15) is 4.79 Å². The molecule has 0 unspecified atom stereocenters. The first kappa shape index (κ1) is 19.4. The van der Waals surface area contributed by atoms with Crippen molar-refractivity contribution in [3.63, 3.8) is 0 Å². The summed E-state index contributed by atoms with van der Waals surface area (Å²) >= 11 is 7.32. The Balaban J connectivity index is 1.57. The van der Waals surface area contributed by atoms with Gasteiger partial charge in [-0.15, -0.1) is 11.3 Å². The number of carbonyl (C=O) groups excluding carboxylic acids is 1. The molecule has 1 N–H and O–H groups in total. The summed E-state index contributed by atoms with van der Waals surface area (Å²) in [6.45, 7) is 3.97. The maximum atomic E-state index is 12.1. The lowest BCUT2D eigenvalue weighted by atomic mass is 10.1. The Morgan fingerprint density at radius 2 is 2.00 bits per heavy atom. The second-order valence-electron chi connectivity index (χ2n) is 6.23. The molecule has 0 aliphatic rings. The number of benzene rings is 2. The highest BCUT2D eigenvalue weighted by molar-refractivity contribution is 7.14. The summed E-state index contributed by atoms with van der Waals surface area (Å²) in [4.78, 5) is 16.6. The van der Waals surface area contributed by atoms with Crippen molar-refractivity contribution >= 4 is 34.0 Å². The first-order chi connectivity index (χ1) is 13.0. The van der Waals surface area contributed by atoms with Gasteiger partial charge in [-0.3, -0.25) is 10.1 Å². The summed E-state index contributed by atoms with van der Waals surface area (Å²) in [7, 11) is 0. The number of carbonyl (C=O) groups is 1. The Hall–Kier alpha value is -2.37. The van der Waals surface area contributed by atoms with Gasteiger partial charge in [0.25, 0.3) is 5.91 Å². The molecular weight excluding hydrogens is 380 g/mol. The smallest absolute Gasteiger partial charge is 0.264 e. The minimum absolute atomic E-state index is 0.0803. The fourth-order valence-corrected chi connectivity index (χ4v) is 3.63. The number of rotatable bonds is 7. The highest BCUT2D eigenvalue weighted by atomic mass is 35.5. The second-order valence-corrected chi connectivity index (χ2v) is 7.53. The molecule has 0 bridgehead atoms. The average molecular weight is 401 g/mol. The molecule has 27 heavy (non-hydrogen) atoms. The van der Waals surface area contributed by atoms with E-state index in [1.54, 1.807) is 18.2 Å². The van der Waals surface area contributed by atoms with Crippen LogP contribution < -0.4 is 10.1 Å². The lowest BCUT2D eigenvalue weighted by Gasteiger charge is -2.08. The Bertz CT molecular complexity index is 922. The summed E-state index contributed by atoms with van der Waals surface area (Å²) in [6, 6.07) is 13.7. The van der Waals surface area contributed by atoms with Crippen LogP contribution in [0.25, 0.3) is 11.3 Å². The third-order valence-electron chi connectivity index (χ3n) is 4.03. The Labute approximate surface area is 168 Å². The van der Waals surface area contributed by atoms with Gasteiger partial charge in [-0.2, -0.15) is 0 Å². The van der Waals surface area contributed by atoms with Gasteiger partial charge >= 0.3 is 0 Å². The minimum Gasteiger partial charge on any atom is -0.483 e. The normalized spacial score (nSPS) is 10.6. The van der Waals surface area contributed by atoms with Gasteiger partial charge in [-0.1, -0.05) is 49.2 Å². The van der Waals surface area contributed by atoms with E-state index >= 15 is 0 Å². The standard InChI is InChI=1S/C21H21ClN2O2S/c1-3-4-15-5-7-16(8-6-15)18-13-27-21(23-18)24-20(25)12-26-19-10-9-17(22)11-14(19)2/h5-11,13H,3-4,12H2,1-2H3,(H,23,24,25). The second kappa shape index (κ2) is 9.02. The largest absolute Gasteiger partial charge is 0.483 e. The zero-order chi connectivity index (χ0) is 19.2. The van der Waals surface area contributed by atoms with E-state index in [2.05, 4.69) is 41.5 Å². The van der Waals surface area contributed by atoms with Gasteiger partial charge in [0.2, 0.25) is 0 Å². The molecule has 6 heteroatoms. The van der Waals surface area contributed by atoms with Gasteiger partial charge in [0.15, 0.2) is 11.7 Å². The van der Waals surface area contributed by atoms with E-state index in [1.807, 2.05) is 12.3 Å². The molecule has 1 amide bonds. The topological polar surface area (TPSA) is 51.2 Å². The van der Waals surface area contributed by atoms with Crippen LogP contribution in [0.15, 0.2) is 47.8 Å². The summed E-state index contributed by atoms with van der Waals surface area (Å²) in [5.41, 5.74) is 4.10. The van der Waals surface area contributed by atoms with E-state index in [0.717, 1.165) is 29.7 Å². The van der Waals surface area contributed by atoms with E-state index in [1.165, 1.54) is 16.9 Å². The average Bonchev–Trinajstić information content (AvgIpc) is 3.10. The number of halogens is 1. The number of hydrogen-bond acceptors (Lipinski definition) is 4. The molecule has 0 aliphatic carbocycles. The van der Waals surface area contributed by atoms with Crippen molar-refractivity contribution in [2.75, 3.05) is 11.9 Å². The Morgan fingerprint density at radius 3 is 2.70 bits per heavy atom. The van der Waals surface area contributed by atoms with Crippen molar-refractivity contribution in [1.29, 1.82) is 0 Å². The molecule has 3 rings (SSSR count). The Kier molecular flexibility index (Phi) is 6.48. The number of amides is 1. The predicted molar refractivity (Wildman–Crippen MR) is 112 cm³/mol. The third-order valence-corrected chi connectivity index (χ3v) is 5.03. The molecule has 0 radical (unpaired) electrons. The van der Waals surface area contributed by atoms with E-state index in [0.29, 0.717) is 15.9 Å². The van der Waals surface area contributed by atoms with Crippen molar-refractivity contribution < 1.29 is 9.53 Å². The number of nitrogens with zero attached hydrogens (tertiary/aromatic N) is 1. The monoisotopic (exact) mass is 400 g/mol. The van der Waals surface area contributed by atoms with Crippen molar-refractivity contribution in [3.8, 4) is 17.0 Å². The minimum atomic E-state index is -0.247. The summed E-state index contributed by atoms with van der Waals surface area (Å²) in [5, 5.41) is 5.92. The van der Waals surface area contributed by atoms with Gasteiger partial charge < -0.3 is 4.74 Å². The van der Waals surface area contributed by atoms with Crippen molar-refractivity contribution in [2.45, 2.75) is 26.7 Å². The molecular formula is C21H21ClN2O2S. The lowest BCUT2D eigenvalue weighted by Crippen LogP contribution is -2.20. The molecule has 3 aromatic rings. The van der Waals surface area contributed by atoms with Crippen molar-refractivity contribution in [2.24, 2.45) is 0 Å². The van der Waals surface area contributed by atoms with Gasteiger partial charge in [0.05, 0.1) is 5.69 Å².